The zero-order valence-corrected chi connectivity index (χ0v) is 23.1. The molecule has 0 bridgehead atoms. The van der Waals surface area contributed by atoms with Gasteiger partial charge in [-0.15, -0.1) is 0 Å². The molecule has 39 heavy (non-hydrogen) atoms. The Morgan fingerprint density at radius 2 is 2.03 bits per heavy atom. The van der Waals surface area contributed by atoms with Crippen LogP contribution in [-0.2, 0) is 4.79 Å². The van der Waals surface area contributed by atoms with Crippen molar-refractivity contribution in [2.45, 2.75) is 32.0 Å². The molecule has 206 valence electrons. The van der Waals surface area contributed by atoms with Crippen LogP contribution < -0.4 is 15.3 Å². The van der Waals surface area contributed by atoms with E-state index in [0.717, 1.165) is 0 Å². The minimum absolute atomic E-state index is 0.0960. The molecule has 0 spiro atoms. The van der Waals surface area contributed by atoms with Crippen molar-refractivity contribution in [3.8, 4) is 22.6 Å². The molecular weight excluding hydrogens is 525 g/mol. The second kappa shape index (κ2) is 10.2. The number of ether oxygens (including phenoxy) is 1. The number of carbonyl (C=O) groups is 1. The summed E-state index contributed by atoms with van der Waals surface area (Å²) in [5, 5.41) is 11.3. The maximum Gasteiger partial charge on any atom is 0.350 e. The Morgan fingerprint density at radius 3 is 2.69 bits per heavy atom. The summed E-state index contributed by atoms with van der Waals surface area (Å²) in [7, 11) is 3.80. The highest BCUT2D eigenvalue weighted by atomic mass is 35.5. The first-order chi connectivity index (χ1) is 18.5. The van der Waals surface area contributed by atoms with Gasteiger partial charge < -0.3 is 24.5 Å². The van der Waals surface area contributed by atoms with Crippen LogP contribution in [0.15, 0.2) is 41.7 Å². The number of halogens is 2. The van der Waals surface area contributed by atoms with Crippen LogP contribution >= 0.6 is 11.6 Å². The Hall–Kier alpha value is -3.63. The molecule has 2 aromatic carbocycles. The molecule has 1 aromatic heterocycles. The number of piperazine rings is 1. The minimum Gasteiger partial charge on any atom is -0.507 e. The number of phenols is 1. The lowest BCUT2D eigenvalue weighted by molar-refractivity contribution is -0.128. The van der Waals surface area contributed by atoms with Crippen molar-refractivity contribution in [1.29, 1.82) is 0 Å². The van der Waals surface area contributed by atoms with Crippen molar-refractivity contribution < 1.29 is 19.0 Å². The molecule has 3 aromatic rings. The number of rotatable bonds is 5. The number of amides is 1. The molecule has 3 atom stereocenters. The predicted molar refractivity (Wildman–Crippen MR) is 149 cm³/mol. The molecule has 1 N–H and O–H groups in total. The van der Waals surface area contributed by atoms with Crippen LogP contribution in [0.1, 0.15) is 19.9 Å². The first-order valence-electron chi connectivity index (χ1n) is 12.8. The van der Waals surface area contributed by atoms with E-state index in [1.54, 1.807) is 15.5 Å². The molecule has 5 rings (SSSR count). The zero-order valence-electron chi connectivity index (χ0n) is 22.3. The van der Waals surface area contributed by atoms with E-state index in [9.17, 15) is 14.7 Å². The fourth-order valence-corrected chi connectivity index (χ4v) is 5.96. The fraction of sp³-hybridized carbons (Fsp3) is 0.393. The Labute approximate surface area is 230 Å². The summed E-state index contributed by atoms with van der Waals surface area (Å²) in [6, 6.07) is 4.97. The average Bonchev–Trinajstić information content (AvgIpc) is 2.88. The average molecular weight is 556 g/mol. The van der Waals surface area contributed by atoms with Crippen molar-refractivity contribution in [1.82, 2.24) is 19.4 Å². The Kier molecular flexibility index (Phi) is 7.02. The van der Waals surface area contributed by atoms with E-state index in [1.165, 1.54) is 24.3 Å². The molecule has 11 heteroatoms. The number of nitrogens with zero attached hydrogens (tertiary/aromatic N) is 5. The van der Waals surface area contributed by atoms with E-state index < -0.39 is 11.5 Å². The van der Waals surface area contributed by atoms with E-state index in [1.807, 2.05) is 37.7 Å². The predicted octanol–water partition coefficient (Wildman–Crippen LogP) is 3.67. The van der Waals surface area contributed by atoms with Gasteiger partial charge >= 0.3 is 5.69 Å². The molecule has 1 saturated heterocycles. The molecule has 2 aliphatic rings. The van der Waals surface area contributed by atoms with Crippen LogP contribution in [0, 0.1) is 5.82 Å². The lowest BCUT2D eigenvalue weighted by Gasteiger charge is -2.45. The van der Waals surface area contributed by atoms with Crippen LogP contribution in [0.3, 0.4) is 0 Å². The number of anilines is 1. The van der Waals surface area contributed by atoms with Crippen molar-refractivity contribution >= 4 is 34.2 Å². The summed E-state index contributed by atoms with van der Waals surface area (Å²) in [5.74, 6) is -0.482. The molecule has 1 fully saturated rings. The number of hydrogen-bond acceptors (Lipinski definition) is 7. The standard InChI is InChI=1S/C28H31ClFN5O4/c1-6-22(37)33-11-16(3)34(12-15(33)2)27-18-10-19(29)23(24-20(30)8-7-9-21(24)36)26-25(18)35(28(38)31-27)17(14-39-26)13-32(4)5/h6-10,15-17,36H,1,11-14H2,2-5H3/t15-,16+,17+/m1/s1. The monoisotopic (exact) mass is 555 g/mol. The molecule has 3 heterocycles. The smallest absolute Gasteiger partial charge is 0.350 e. The Bertz CT molecular complexity index is 1520. The Balaban J connectivity index is 1.78. The van der Waals surface area contributed by atoms with Gasteiger partial charge in [0.15, 0.2) is 5.75 Å². The number of benzene rings is 2. The molecule has 0 radical (unpaired) electrons. The normalized spacial score (nSPS) is 20.8. The Morgan fingerprint density at radius 1 is 1.28 bits per heavy atom. The molecule has 2 aliphatic heterocycles. The van der Waals surface area contributed by atoms with Crippen LogP contribution in [-0.4, -0.2) is 82.8 Å². The molecule has 1 amide bonds. The molecule has 0 unspecified atom stereocenters. The number of hydrogen-bond donors (Lipinski definition) is 1. The third kappa shape index (κ3) is 4.51. The topological polar surface area (TPSA) is 91.1 Å². The van der Waals surface area contributed by atoms with E-state index in [0.29, 0.717) is 36.4 Å². The quantitative estimate of drug-likeness (QED) is 0.480. The summed E-state index contributed by atoms with van der Waals surface area (Å²) in [6.07, 6.45) is 1.30. The zero-order chi connectivity index (χ0) is 28.2. The number of aromatic nitrogens is 2. The van der Waals surface area contributed by atoms with Gasteiger partial charge in [-0.3, -0.25) is 9.36 Å². The van der Waals surface area contributed by atoms with Gasteiger partial charge in [0, 0.05) is 37.1 Å². The van der Waals surface area contributed by atoms with Gasteiger partial charge in [0.1, 0.15) is 24.0 Å². The summed E-state index contributed by atoms with van der Waals surface area (Å²) in [5.41, 5.74) is 0.0523. The van der Waals surface area contributed by atoms with E-state index in [4.69, 9.17) is 16.3 Å². The van der Waals surface area contributed by atoms with Crippen LogP contribution in [0.5, 0.6) is 11.5 Å². The second-order valence-corrected chi connectivity index (χ2v) is 10.9. The van der Waals surface area contributed by atoms with Crippen LogP contribution in [0.25, 0.3) is 22.0 Å². The SMILES string of the molecule is C=CC(=O)N1C[C@H](C)N(c2nc(=O)n3c4c(c(-c5c(O)cccc5F)c(Cl)cc24)OC[C@@H]3CN(C)C)C[C@H]1C. The van der Waals surface area contributed by atoms with Crippen molar-refractivity contribution in [2.75, 3.05) is 45.2 Å². The molecular formula is C28H31ClFN5O4. The highest BCUT2D eigenvalue weighted by molar-refractivity contribution is 6.35. The van der Waals surface area contributed by atoms with Gasteiger partial charge in [0.25, 0.3) is 0 Å². The summed E-state index contributed by atoms with van der Waals surface area (Å²) >= 11 is 6.80. The highest BCUT2D eigenvalue weighted by Gasteiger charge is 2.36. The van der Waals surface area contributed by atoms with Gasteiger partial charge in [-0.25, -0.2) is 9.18 Å². The first-order valence-corrected chi connectivity index (χ1v) is 13.1. The second-order valence-electron chi connectivity index (χ2n) is 10.5. The summed E-state index contributed by atoms with van der Waals surface area (Å²) in [6.45, 7) is 8.99. The van der Waals surface area contributed by atoms with Gasteiger partial charge in [-0.1, -0.05) is 24.2 Å². The van der Waals surface area contributed by atoms with E-state index >= 15 is 4.39 Å². The fourth-order valence-electron chi connectivity index (χ4n) is 5.67. The maximum absolute atomic E-state index is 15.1. The summed E-state index contributed by atoms with van der Waals surface area (Å²) < 4.78 is 22.9. The van der Waals surface area contributed by atoms with Crippen LogP contribution in [0.2, 0.25) is 5.02 Å². The van der Waals surface area contributed by atoms with E-state index in [2.05, 4.69) is 11.6 Å². The lowest BCUT2D eigenvalue weighted by atomic mass is 9.98. The highest BCUT2D eigenvalue weighted by Crippen LogP contribution is 2.49. The third-order valence-corrected chi connectivity index (χ3v) is 7.71. The van der Waals surface area contributed by atoms with Gasteiger partial charge in [-0.2, -0.15) is 4.98 Å². The molecule has 9 nitrogen and oxygen atoms in total. The third-order valence-electron chi connectivity index (χ3n) is 7.42. The summed E-state index contributed by atoms with van der Waals surface area (Å²) in [4.78, 5) is 36.3. The first kappa shape index (κ1) is 27.0. The van der Waals surface area contributed by atoms with Gasteiger partial charge in [-0.05, 0) is 52.2 Å². The molecule has 0 saturated carbocycles. The van der Waals surface area contributed by atoms with Gasteiger partial charge in [0.2, 0.25) is 5.91 Å². The largest absolute Gasteiger partial charge is 0.507 e. The minimum atomic E-state index is -0.667. The van der Waals surface area contributed by atoms with Crippen molar-refractivity contribution in [2.24, 2.45) is 0 Å². The number of carbonyl (C=O) groups excluding carboxylic acids is 1. The van der Waals surface area contributed by atoms with Crippen molar-refractivity contribution in [3.05, 3.63) is 58.2 Å². The maximum atomic E-state index is 15.1. The number of aromatic hydroxyl groups is 1. The van der Waals surface area contributed by atoms with Gasteiger partial charge in [0.05, 0.1) is 27.7 Å². The van der Waals surface area contributed by atoms with Crippen molar-refractivity contribution in [3.63, 3.8) is 0 Å². The number of phenolic OH excluding ortho intramolecular Hbond substituents is 1. The molecule has 0 aliphatic carbocycles. The van der Waals surface area contributed by atoms with Crippen LogP contribution in [0.4, 0.5) is 10.2 Å². The lowest BCUT2D eigenvalue weighted by Crippen LogP contribution is -2.58. The number of likely N-dealkylation sites (N-methyl/N-ethyl adjacent to an activating group) is 1. The van der Waals surface area contributed by atoms with E-state index in [-0.39, 0.29) is 58.3 Å².